The number of anilines is 3. The van der Waals surface area contributed by atoms with Gasteiger partial charge in [0.05, 0.1) is 11.8 Å². The van der Waals surface area contributed by atoms with E-state index in [2.05, 4.69) is 25.7 Å². The maximum absolute atomic E-state index is 14.7. The van der Waals surface area contributed by atoms with Crippen molar-refractivity contribution in [2.75, 3.05) is 16.8 Å². The number of benzene rings is 1. The van der Waals surface area contributed by atoms with Crippen LogP contribution in [0, 0.1) is 5.82 Å². The molecule has 188 valence electrons. The van der Waals surface area contributed by atoms with Crippen molar-refractivity contribution in [2.24, 2.45) is 12.8 Å². The van der Waals surface area contributed by atoms with E-state index in [9.17, 15) is 14.0 Å². The number of carbonyl (C=O) groups is 2. The van der Waals surface area contributed by atoms with Gasteiger partial charge >= 0.3 is 0 Å². The number of carbonyl (C=O) groups excluding carboxylic acids is 2. The largest absolute Gasteiger partial charge is 0.364 e. The molecular weight excluding hydrogens is 463 g/mol. The first-order chi connectivity index (χ1) is 17.3. The second kappa shape index (κ2) is 9.56. The van der Waals surface area contributed by atoms with Crippen molar-refractivity contribution in [1.82, 2.24) is 25.1 Å². The predicted molar refractivity (Wildman–Crippen MR) is 133 cm³/mol. The van der Waals surface area contributed by atoms with Gasteiger partial charge in [0.2, 0.25) is 0 Å². The molecule has 0 unspecified atom stereocenters. The lowest BCUT2D eigenvalue weighted by Crippen LogP contribution is -2.54. The number of rotatable bonds is 7. The van der Waals surface area contributed by atoms with Gasteiger partial charge in [0, 0.05) is 37.9 Å². The first kappa shape index (κ1) is 23.7. The Labute approximate surface area is 208 Å². The minimum absolute atomic E-state index is 0.00374. The molecule has 3 aromatic rings. The lowest BCUT2D eigenvalue weighted by molar-refractivity contribution is 0.0919. The lowest BCUT2D eigenvalue weighted by Gasteiger charge is -2.40. The molecule has 4 N–H and O–H groups in total. The molecule has 2 aromatic heterocycles. The molecule has 2 atom stereocenters. The van der Waals surface area contributed by atoms with Crippen molar-refractivity contribution in [3.8, 4) is 0 Å². The van der Waals surface area contributed by atoms with Gasteiger partial charge in [0.25, 0.3) is 11.8 Å². The summed E-state index contributed by atoms with van der Waals surface area (Å²) in [5.74, 6) is 0.0241. The Morgan fingerprint density at radius 3 is 2.67 bits per heavy atom. The zero-order valence-electron chi connectivity index (χ0n) is 20.2. The summed E-state index contributed by atoms with van der Waals surface area (Å²) in [4.78, 5) is 35.7. The molecule has 1 aliphatic heterocycles. The fraction of sp³-hybridized carbons (Fsp3) is 0.400. The van der Waals surface area contributed by atoms with E-state index in [0.717, 1.165) is 31.2 Å². The number of nitrogens with two attached hydrogens (primary N) is 1. The fourth-order valence-electron chi connectivity index (χ4n) is 4.68. The summed E-state index contributed by atoms with van der Waals surface area (Å²) in [6.45, 7) is 2.66. The van der Waals surface area contributed by atoms with Crippen molar-refractivity contribution in [1.29, 1.82) is 0 Å². The van der Waals surface area contributed by atoms with Crippen molar-refractivity contribution >= 4 is 29.3 Å². The Kier molecular flexibility index (Phi) is 6.29. The van der Waals surface area contributed by atoms with Crippen LogP contribution in [-0.2, 0) is 7.05 Å². The van der Waals surface area contributed by atoms with Crippen LogP contribution < -0.4 is 21.3 Å². The maximum atomic E-state index is 14.7. The van der Waals surface area contributed by atoms with Gasteiger partial charge < -0.3 is 21.3 Å². The topological polar surface area (TPSA) is 131 Å². The molecule has 1 aromatic carbocycles. The molecule has 1 saturated carbocycles. The van der Waals surface area contributed by atoms with E-state index in [-0.39, 0.29) is 29.2 Å². The third-order valence-electron chi connectivity index (χ3n) is 6.84. The van der Waals surface area contributed by atoms with Crippen molar-refractivity contribution in [2.45, 2.75) is 50.6 Å². The van der Waals surface area contributed by atoms with E-state index in [1.54, 1.807) is 30.1 Å². The Bertz CT molecular complexity index is 1300. The second-order valence-electron chi connectivity index (χ2n) is 9.46. The second-order valence-corrected chi connectivity index (χ2v) is 9.46. The third-order valence-corrected chi connectivity index (χ3v) is 6.84. The smallest absolute Gasteiger partial charge is 0.271 e. The summed E-state index contributed by atoms with van der Waals surface area (Å²) >= 11 is 0. The van der Waals surface area contributed by atoms with E-state index >= 15 is 0 Å². The molecule has 0 spiro atoms. The Hall–Kier alpha value is -4.02. The number of amides is 2. The molecule has 2 fully saturated rings. The molecule has 36 heavy (non-hydrogen) atoms. The van der Waals surface area contributed by atoms with Crippen LogP contribution in [0.4, 0.5) is 21.8 Å². The summed E-state index contributed by atoms with van der Waals surface area (Å²) in [5, 5.41) is 10.3. The van der Waals surface area contributed by atoms with Gasteiger partial charge in [-0.2, -0.15) is 5.10 Å². The molecule has 3 heterocycles. The molecule has 11 heteroatoms. The van der Waals surface area contributed by atoms with Crippen LogP contribution in [0.3, 0.4) is 0 Å². The predicted octanol–water partition coefficient (Wildman–Crippen LogP) is 2.86. The molecule has 0 bridgehead atoms. The highest BCUT2D eigenvalue weighted by atomic mass is 19.1. The van der Waals surface area contributed by atoms with Crippen LogP contribution in [-0.4, -0.2) is 50.2 Å². The Balaban J connectivity index is 1.34. The molecule has 0 radical (unpaired) electrons. The van der Waals surface area contributed by atoms with E-state index in [0.29, 0.717) is 24.1 Å². The standard InChI is InChI=1S/C25H29FN8O2/c1-14-19(29-25(36)17-8-7-16(12-18(17)26)15-5-6-15)4-3-10-34(14)21-13-28-22(23(27)35)24(31-21)30-20-9-11-33(2)32-20/h7-9,11-15,19H,3-6,10H2,1-2H3,(H2,27,35)(H,29,36)(H,30,31,32)/t14-,19-/m1/s1. The lowest BCUT2D eigenvalue weighted by atomic mass is 9.96. The number of primary amides is 1. The molecular formula is C25H29FN8O2. The Morgan fingerprint density at radius 2 is 2.00 bits per heavy atom. The highest BCUT2D eigenvalue weighted by Crippen LogP contribution is 2.40. The van der Waals surface area contributed by atoms with Gasteiger partial charge in [-0.25, -0.2) is 14.4 Å². The van der Waals surface area contributed by atoms with E-state index in [1.807, 2.05) is 17.9 Å². The number of hydrogen-bond donors (Lipinski definition) is 3. The van der Waals surface area contributed by atoms with Crippen molar-refractivity contribution in [3.05, 3.63) is 59.3 Å². The molecule has 2 amide bonds. The van der Waals surface area contributed by atoms with Crippen LogP contribution >= 0.6 is 0 Å². The normalized spacial score (nSPS) is 19.7. The number of hydrogen-bond acceptors (Lipinski definition) is 7. The summed E-state index contributed by atoms with van der Waals surface area (Å²) in [7, 11) is 1.78. The first-order valence-electron chi connectivity index (χ1n) is 12.1. The van der Waals surface area contributed by atoms with Crippen LogP contribution in [0.25, 0.3) is 0 Å². The van der Waals surface area contributed by atoms with E-state index in [1.165, 1.54) is 12.3 Å². The van der Waals surface area contributed by atoms with Crippen LogP contribution in [0.1, 0.15) is 64.9 Å². The van der Waals surface area contributed by atoms with Crippen LogP contribution in [0.5, 0.6) is 0 Å². The number of aromatic nitrogens is 4. The average molecular weight is 493 g/mol. The maximum Gasteiger partial charge on any atom is 0.271 e. The van der Waals surface area contributed by atoms with Gasteiger partial charge in [-0.3, -0.25) is 14.3 Å². The highest BCUT2D eigenvalue weighted by molar-refractivity contribution is 5.96. The van der Waals surface area contributed by atoms with Gasteiger partial charge in [-0.1, -0.05) is 6.07 Å². The number of nitrogens with zero attached hydrogens (tertiary/aromatic N) is 5. The zero-order chi connectivity index (χ0) is 25.4. The number of halogens is 1. The number of aryl methyl sites for hydroxylation is 1. The van der Waals surface area contributed by atoms with E-state index in [4.69, 9.17) is 5.73 Å². The third kappa shape index (κ3) is 4.86. The molecule has 2 aliphatic rings. The van der Waals surface area contributed by atoms with Gasteiger partial charge in [0.15, 0.2) is 17.3 Å². The average Bonchev–Trinajstić information content (AvgIpc) is 3.62. The summed E-state index contributed by atoms with van der Waals surface area (Å²) in [5.41, 5.74) is 6.51. The fourth-order valence-corrected chi connectivity index (χ4v) is 4.68. The number of nitrogens with one attached hydrogen (secondary N) is 2. The van der Waals surface area contributed by atoms with Crippen molar-refractivity contribution < 1.29 is 14.0 Å². The number of piperidine rings is 1. The quantitative estimate of drug-likeness (QED) is 0.462. The molecule has 5 rings (SSSR count). The summed E-state index contributed by atoms with van der Waals surface area (Å²) < 4.78 is 16.3. The van der Waals surface area contributed by atoms with Crippen LogP contribution in [0.15, 0.2) is 36.7 Å². The van der Waals surface area contributed by atoms with Gasteiger partial charge in [-0.05, 0) is 56.2 Å². The van der Waals surface area contributed by atoms with Gasteiger partial charge in [0.1, 0.15) is 11.6 Å². The van der Waals surface area contributed by atoms with E-state index < -0.39 is 17.6 Å². The minimum atomic E-state index is -0.709. The van der Waals surface area contributed by atoms with Crippen molar-refractivity contribution in [3.63, 3.8) is 0 Å². The molecule has 1 saturated heterocycles. The van der Waals surface area contributed by atoms with Gasteiger partial charge in [-0.15, -0.1) is 0 Å². The SMILES string of the molecule is C[C@@H]1[C@H](NC(=O)c2ccc(C3CC3)cc2F)CCCN1c1cnc(C(N)=O)c(Nc2ccn(C)n2)n1. The summed E-state index contributed by atoms with van der Waals surface area (Å²) in [6, 6.07) is 6.28. The zero-order valence-corrected chi connectivity index (χ0v) is 20.2. The minimum Gasteiger partial charge on any atom is -0.364 e. The summed E-state index contributed by atoms with van der Waals surface area (Å²) in [6.07, 6.45) is 6.94. The van der Waals surface area contributed by atoms with Crippen LogP contribution in [0.2, 0.25) is 0 Å². The first-order valence-corrected chi connectivity index (χ1v) is 12.1. The molecule has 10 nitrogen and oxygen atoms in total. The Morgan fingerprint density at radius 1 is 1.19 bits per heavy atom. The molecule has 1 aliphatic carbocycles. The monoisotopic (exact) mass is 492 g/mol. The highest BCUT2D eigenvalue weighted by Gasteiger charge is 2.32.